The first-order valence-corrected chi connectivity index (χ1v) is 7.64. The average molecular weight is 276 g/mol. The second-order valence-corrected chi connectivity index (χ2v) is 5.51. The largest absolute Gasteiger partial charge is 0.338 e. The van der Waals surface area contributed by atoms with E-state index in [1.165, 1.54) is 11.1 Å². The Balaban J connectivity index is 2.67. The lowest BCUT2D eigenvalue weighted by atomic mass is 10.0. The van der Waals surface area contributed by atoms with Crippen molar-refractivity contribution < 1.29 is 4.79 Å². The molecule has 1 amide bonds. The van der Waals surface area contributed by atoms with Gasteiger partial charge in [0.15, 0.2) is 0 Å². The zero-order valence-corrected chi connectivity index (χ0v) is 13.1. The maximum atomic E-state index is 12.4. The molecule has 1 aromatic rings. The predicted molar refractivity (Wildman–Crippen MR) is 84.3 cm³/mol. The number of hydrogen-bond acceptors (Lipinski definition) is 2. The smallest absolute Gasteiger partial charge is 0.223 e. The summed E-state index contributed by atoms with van der Waals surface area (Å²) in [5.41, 5.74) is 8.14. The van der Waals surface area contributed by atoms with Crippen LogP contribution in [-0.4, -0.2) is 23.9 Å². The normalized spacial score (nSPS) is 12.2. The molecule has 1 atom stereocenters. The first-order valence-electron chi connectivity index (χ1n) is 7.64. The summed E-state index contributed by atoms with van der Waals surface area (Å²) in [6.45, 7) is 8.38. The molecule has 20 heavy (non-hydrogen) atoms. The van der Waals surface area contributed by atoms with Gasteiger partial charge in [-0.05, 0) is 31.4 Å². The van der Waals surface area contributed by atoms with Gasteiger partial charge >= 0.3 is 0 Å². The summed E-state index contributed by atoms with van der Waals surface area (Å²) in [5, 5.41) is 0. The lowest BCUT2D eigenvalue weighted by Crippen LogP contribution is -2.33. The van der Waals surface area contributed by atoms with E-state index in [9.17, 15) is 4.79 Å². The van der Waals surface area contributed by atoms with Crippen LogP contribution in [0.1, 0.15) is 44.2 Å². The van der Waals surface area contributed by atoms with Gasteiger partial charge in [-0.15, -0.1) is 0 Å². The Bertz CT molecular complexity index is 396. The number of amides is 1. The number of carbonyl (C=O) groups is 1. The predicted octanol–water partition coefficient (Wildman–Crippen LogP) is 3.11. The first-order chi connectivity index (χ1) is 9.60. The summed E-state index contributed by atoms with van der Waals surface area (Å²) in [6.07, 6.45) is 2.52. The van der Waals surface area contributed by atoms with Gasteiger partial charge in [0.05, 0.1) is 0 Å². The summed E-state index contributed by atoms with van der Waals surface area (Å²) >= 11 is 0. The SMILES string of the molecule is CCCN(Cc1ccc(C)cc1)C(=O)CC(CC)CN. The maximum absolute atomic E-state index is 12.4. The highest BCUT2D eigenvalue weighted by Crippen LogP contribution is 2.13. The summed E-state index contributed by atoms with van der Waals surface area (Å²) in [5.74, 6) is 0.532. The fourth-order valence-electron chi connectivity index (χ4n) is 2.25. The minimum Gasteiger partial charge on any atom is -0.338 e. The molecular weight excluding hydrogens is 248 g/mol. The molecule has 0 bridgehead atoms. The van der Waals surface area contributed by atoms with Crippen LogP contribution in [0.15, 0.2) is 24.3 Å². The van der Waals surface area contributed by atoms with Crippen LogP contribution in [0.25, 0.3) is 0 Å². The highest BCUT2D eigenvalue weighted by atomic mass is 16.2. The fraction of sp³-hybridized carbons (Fsp3) is 0.588. The van der Waals surface area contributed by atoms with E-state index in [-0.39, 0.29) is 5.91 Å². The Morgan fingerprint density at radius 3 is 2.40 bits per heavy atom. The van der Waals surface area contributed by atoms with E-state index >= 15 is 0 Å². The van der Waals surface area contributed by atoms with E-state index < -0.39 is 0 Å². The molecule has 0 aliphatic carbocycles. The van der Waals surface area contributed by atoms with Gasteiger partial charge in [-0.25, -0.2) is 0 Å². The van der Waals surface area contributed by atoms with Crippen LogP contribution in [0, 0.1) is 12.8 Å². The number of aryl methyl sites for hydroxylation is 1. The van der Waals surface area contributed by atoms with Gasteiger partial charge in [0, 0.05) is 19.5 Å². The molecule has 0 saturated carbocycles. The van der Waals surface area contributed by atoms with Crippen LogP contribution >= 0.6 is 0 Å². The number of nitrogens with two attached hydrogens (primary N) is 1. The third-order valence-corrected chi connectivity index (χ3v) is 3.71. The van der Waals surface area contributed by atoms with Crippen molar-refractivity contribution in [1.82, 2.24) is 4.90 Å². The Morgan fingerprint density at radius 1 is 1.25 bits per heavy atom. The Morgan fingerprint density at radius 2 is 1.90 bits per heavy atom. The van der Waals surface area contributed by atoms with Crippen LogP contribution in [0.2, 0.25) is 0 Å². The lowest BCUT2D eigenvalue weighted by Gasteiger charge is -2.24. The molecule has 1 rings (SSSR count). The van der Waals surface area contributed by atoms with Gasteiger partial charge in [-0.3, -0.25) is 4.79 Å². The molecule has 0 spiro atoms. The number of rotatable bonds is 8. The summed E-state index contributed by atoms with van der Waals surface area (Å²) in [7, 11) is 0. The van der Waals surface area contributed by atoms with Gasteiger partial charge < -0.3 is 10.6 Å². The van der Waals surface area contributed by atoms with Crippen LogP contribution in [-0.2, 0) is 11.3 Å². The van der Waals surface area contributed by atoms with Crippen LogP contribution in [0.4, 0.5) is 0 Å². The van der Waals surface area contributed by atoms with Crippen LogP contribution < -0.4 is 5.73 Å². The topological polar surface area (TPSA) is 46.3 Å². The van der Waals surface area contributed by atoms with E-state index in [0.717, 1.165) is 19.4 Å². The van der Waals surface area contributed by atoms with Gasteiger partial charge in [-0.1, -0.05) is 50.1 Å². The number of benzene rings is 1. The van der Waals surface area contributed by atoms with Crippen molar-refractivity contribution in [2.75, 3.05) is 13.1 Å². The van der Waals surface area contributed by atoms with Gasteiger partial charge in [0.25, 0.3) is 0 Å². The number of nitrogens with zero attached hydrogens (tertiary/aromatic N) is 1. The van der Waals surface area contributed by atoms with E-state index in [1.807, 2.05) is 4.90 Å². The average Bonchev–Trinajstić information content (AvgIpc) is 2.46. The second-order valence-electron chi connectivity index (χ2n) is 5.51. The zero-order valence-electron chi connectivity index (χ0n) is 13.1. The molecule has 0 fully saturated rings. The lowest BCUT2D eigenvalue weighted by molar-refractivity contribution is -0.132. The third-order valence-electron chi connectivity index (χ3n) is 3.71. The summed E-state index contributed by atoms with van der Waals surface area (Å²) in [4.78, 5) is 14.4. The van der Waals surface area contributed by atoms with Crippen molar-refractivity contribution in [2.45, 2.75) is 46.6 Å². The Labute approximate surface area is 123 Å². The zero-order chi connectivity index (χ0) is 15.0. The number of hydrogen-bond donors (Lipinski definition) is 1. The third kappa shape index (κ3) is 5.33. The van der Waals surface area contributed by atoms with Gasteiger partial charge in [-0.2, -0.15) is 0 Å². The van der Waals surface area contributed by atoms with Gasteiger partial charge in [0.2, 0.25) is 5.91 Å². The monoisotopic (exact) mass is 276 g/mol. The van der Waals surface area contributed by atoms with Crippen molar-refractivity contribution >= 4 is 5.91 Å². The minimum absolute atomic E-state index is 0.227. The van der Waals surface area contributed by atoms with Crippen LogP contribution in [0.3, 0.4) is 0 Å². The standard InChI is InChI=1S/C17H28N2O/c1-4-10-19(17(20)11-15(5-2)12-18)13-16-8-6-14(3)7-9-16/h6-9,15H,4-5,10-13,18H2,1-3H3. The summed E-state index contributed by atoms with van der Waals surface area (Å²) in [6, 6.07) is 8.40. The molecule has 0 aliphatic heterocycles. The van der Waals surface area contributed by atoms with Gasteiger partial charge in [0.1, 0.15) is 0 Å². The molecule has 0 saturated heterocycles. The molecule has 0 aliphatic rings. The van der Waals surface area contributed by atoms with E-state index in [1.54, 1.807) is 0 Å². The Kier molecular flexibility index (Phi) is 7.31. The van der Waals surface area contributed by atoms with E-state index in [4.69, 9.17) is 5.73 Å². The van der Waals surface area contributed by atoms with E-state index in [2.05, 4.69) is 45.0 Å². The first kappa shape index (κ1) is 16.7. The van der Waals surface area contributed by atoms with Crippen molar-refractivity contribution in [3.63, 3.8) is 0 Å². The molecule has 1 aromatic carbocycles. The van der Waals surface area contributed by atoms with E-state index in [0.29, 0.717) is 25.4 Å². The molecule has 0 aromatic heterocycles. The molecule has 112 valence electrons. The van der Waals surface area contributed by atoms with Crippen molar-refractivity contribution in [3.8, 4) is 0 Å². The summed E-state index contributed by atoms with van der Waals surface area (Å²) < 4.78 is 0. The molecule has 2 N–H and O–H groups in total. The molecule has 3 heteroatoms. The highest BCUT2D eigenvalue weighted by Gasteiger charge is 2.17. The maximum Gasteiger partial charge on any atom is 0.223 e. The number of carbonyl (C=O) groups excluding carboxylic acids is 1. The molecule has 3 nitrogen and oxygen atoms in total. The van der Waals surface area contributed by atoms with Crippen molar-refractivity contribution in [3.05, 3.63) is 35.4 Å². The second kappa shape index (κ2) is 8.75. The quantitative estimate of drug-likeness (QED) is 0.793. The Hall–Kier alpha value is -1.35. The minimum atomic E-state index is 0.227. The van der Waals surface area contributed by atoms with Crippen molar-refractivity contribution in [2.24, 2.45) is 11.7 Å². The van der Waals surface area contributed by atoms with Crippen LogP contribution in [0.5, 0.6) is 0 Å². The van der Waals surface area contributed by atoms with Crippen molar-refractivity contribution in [1.29, 1.82) is 0 Å². The molecule has 0 radical (unpaired) electrons. The fourth-order valence-corrected chi connectivity index (χ4v) is 2.25. The molecule has 0 heterocycles. The molecular formula is C17H28N2O. The highest BCUT2D eigenvalue weighted by molar-refractivity contribution is 5.76. The molecule has 1 unspecified atom stereocenters.